The normalized spacial score (nSPS) is 18.0. The molecule has 2 amide bonds. The summed E-state index contributed by atoms with van der Waals surface area (Å²) < 4.78 is 4.58. The highest BCUT2D eigenvalue weighted by Crippen LogP contribution is 2.34. The van der Waals surface area contributed by atoms with Crippen LogP contribution in [0.5, 0.6) is 0 Å². The molecule has 1 fully saturated rings. The van der Waals surface area contributed by atoms with Gasteiger partial charge in [0.1, 0.15) is 6.04 Å². The molecule has 7 heteroatoms. The number of carbonyl (C=O) groups is 3. The number of benzene rings is 1. The number of imide groups is 1. The molecule has 2 rings (SSSR count). The molecular weight excluding hydrogens is 322 g/mol. The summed E-state index contributed by atoms with van der Waals surface area (Å²) in [6, 6.07) is 6.71. The van der Waals surface area contributed by atoms with Gasteiger partial charge in [-0.15, -0.1) is 11.8 Å². The summed E-state index contributed by atoms with van der Waals surface area (Å²) in [4.78, 5) is 38.1. The first-order chi connectivity index (χ1) is 10.5. The van der Waals surface area contributed by atoms with Gasteiger partial charge < -0.3 is 4.74 Å². The monoisotopic (exact) mass is 337 g/mol. The Labute approximate surface area is 137 Å². The summed E-state index contributed by atoms with van der Waals surface area (Å²) >= 11 is 2.45. The fourth-order valence-electron chi connectivity index (χ4n) is 1.94. The highest BCUT2D eigenvalue weighted by atomic mass is 32.2. The summed E-state index contributed by atoms with van der Waals surface area (Å²) in [6.45, 7) is 1.47. The third-order valence-corrected chi connectivity index (χ3v) is 4.79. The van der Waals surface area contributed by atoms with Crippen LogP contribution in [0.2, 0.25) is 0 Å². The van der Waals surface area contributed by atoms with Crippen molar-refractivity contribution in [2.75, 3.05) is 13.4 Å². The molecule has 22 heavy (non-hydrogen) atoms. The van der Waals surface area contributed by atoms with E-state index in [9.17, 15) is 14.4 Å². The van der Waals surface area contributed by atoms with Gasteiger partial charge >= 0.3 is 5.97 Å². The predicted molar refractivity (Wildman–Crippen MR) is 87.5 cm³/mol. The predicted octanol–water partition coefficient (Wildman–Crippen LogP) is 3.01. The van der Waals surface area contributed by atoms with Gasteiger partial charge in [-0.25, -0.2) is 4.79 Å². The van der Waals surface area contributed by atoms with Gasteiger partial charge in [0.25, 0.3) is 11.1 Å². The zero-order valence-corrected chi connectivity index (χ0v) is 14.0. The summed E-state index contributed by atoms with van der Waals surface area (Å²) in [7, 11) is 1.22. The minimum atomic E-state index is -0.928. The molecule has 1 aromatic rings. The van der Waals surface area contributed by atoms with Crippen LogP contribution < -0.4 is 0 Å². The second kappa shape index (κ2) is 7.02. The first-order valence-electron chi connectivity index (χ1n) is 6.47. The van der Waals surface area contributed by atoms with Crippen molar-refractivity contribution in [1.29, 1.82) is 0 Å². The number of thioether (sulfide) groups is 2. The van der Waals surface area contributed by atoms with Crippen LogP contribution in [-0.4, -0.2) is 41.4 Å². The Hall–Kier alpha value is -1.73. The van der Waals surface area contributed by atoms with Gasteiger partial charge in [-0.1, -0.05) is 12.1 Å². The Balaban J connectivity index is 2.23. The molecule has 0 unspecified atom stereocenters. The average molecular weight is 337 g/mol. The third kappa shape index (κ3) is 3.36. The van der Waals surface area contributed by atoms with Crippen LogP contribution in [0, 0.1) is 0 Å². The molecule has 1 aliphatic heterocycles. The number of amides is 2. The number of nitrogens with zero attached hydrogens (tertiary/aromatic N) is 1. The zero-order valence-electron chi connectivity index (χ0n) is 12.4. The Morgan fingerprint density at radius 1 is 1.32 bits per heavy atom. The molecular formula is C15H15NO4S2. The molecule has 0 bridgehead atoms. The second-order valence-electron chi connectivity index (χ2n) is 4.52. The molecule has 0 saturated carbocycles. The summed E-state index contributed by atoms with van der Waals surface area (Å²) in [5.41, 5.74) is 0.828. The molecule has 5 nitrogen and oxygen atoms in total. The Morgan fingerprint density at radius 2 is 1.95 bits per heavy atom. The topological polar surface area (TPSA) is 63.7 Å². The number of ether oxygens (including phenoxy) is 1. The van der Waals surface area contributed by atoms with E-state index in [0.717, 1.165) is 27.1 Å². The largest absolute Gasteiger partial charge is 0.467 e. The van der Waals surface area contributed by atoms with Gasteiger partial charge in [0.05, 0.1) is 12.0 Å². The lowest BCUT2D eigenvalue weighted by Crippen LogP contribution is -2.42. The number of hydrogen-bond donors (Lipinski definition) is 0. The smallest absolute Gasteiger partial charge is 0.328 e. The lowest BCUT2D eigenvalue weighted by molar-refractivity contribution is -0.148. The Kier molecular flexibility index (Phi) is 5.31. The summed E-state index contributed by atoms with van der Waals surface area (Å²) in [5, 5.41) is -0.463. The second-order valence-corrected chi connectivity index (χ2v) is 6.40. The van der Waals surface area contributed by atoms with Gasteiger partial charge in [-0.05, 0) is 48.7 Å². The van der Waals surface area contributed by atoms with Crippen molar-refractivity contribution in [3.05, 3.63) is 34.7 Å². The van der Waals surface area contributed by atoms with Crippen LogP contribution in [0.15, 0.2) is 34.1 Å². The van der Waals surface area contributed by atoms with Crippen LogP contribution >= 0.6 is 23.5 Å². The van der Waals surface area contributed by atoms with Gasteiger partial charge in [0.15, 0.2) is 0 Å². The van der Waals surface area contributed by atoms with Crippen molar-refractivity contribution in [2.24, 2.45) is 0 Å². The summed E-state index contributed by atoms with van der Waals surface area (Å²) in [5.74, 6) is -1.09. The number of rotatable bonds is 4. The highest BCUT2D eigenvalue weighted by molar-refractivity contribution is 8.18. The van der Waals surface area contributed by atoms with Crippen molar-refractivity contribution in [1.82, 2.24) is 4.90 Å². The lowest BCUT2D eigenvalue weighted by Gasteiger charge is -2.18. The van der Waals surface area contributed by atoms with E-state index in [1.54, 1.807) is 17.8 Å². The number of esters is 1. The third-order valence-electron chi connectivity index (χ3n) is 3.17. The maximum absolute atomic E-state index is 12.3. The minimum Gasteiger partial charge on any atom is -0.467 e. The van der Waals surface area contributed by atoms with E-state index in [4.69, 9.17) is 0 Å². The first-order valence-corrected chi connectivity index (χ1v) is 8.51. The van der Waals surface area contributed by atoms with E-state index in [1.165, 1.54) is 14.0 Å². The molecule has 0 radical (unpaired) electrons. The van der Waals surface area contributed by atoms with Gasteiger partial charge in [0, 0.05) is 4.90 Å². The fraction of sp³-hybridized carbons (Fsp3) is 0.267. The van der Waals surface area contributed by atoms with E-state index in [2.05, 4.69) is 4.74 Å². The Bertz CT molecular complexity index is 639. The quantitative estimate of drug-likeness (QED) is 0.478. The molecule has 1 heterocycles. The van der Waals surface area contributed by atoms with E-state index in [0.29, 0.717) is 4.91 Å². The highest BCUT2D eigenvalue weighted by Gasteiger charge is 2.41. The average Bonchev–Trinajstić information content (AvgIpc) is 2.80. The summed E-state index contributed by atoms with van der Waals surface area (Å²) in [6.07, 6.45) is 3.63. The lowest BCUT2D eigenvalue weighted by atomic mass is 10.2. The van der Waals surface area contributed by atoms with E-state index in [1.807, 2.05) is 30.5 Å². The number of methoxy groups -OCH3 is 1. The molecule has 0 spiro atoms. The molecule has 0 aliphatic carbocycles. The molecule has 1 atom stereocenters. The van der Waals surface area contributed by atoms with Crippen LogP contribution in [0.1, 0.15) is 12.5 Å². The van der Waals surface area contributed by atoms with Crippen molar-refractivity contribution < 1.29 is 19.1 Å². The molecule has 0 aromatic heterocycles. The maximum atomic E-state index is 12.3. The molecule has 1 aromatic carbocycles. The minimum absolute atomic E-state index is 0.303. The zero-order chi connectivity index (χ0) is 16.3. The van der Waals surface area contributed by atoms with E-state index >= 15 is 0 Å². The van der Waals surface area contributed by atoms with Gasteiger partial charge in [0.2, 0.25) is 0 Å². The van der Waals surface area contributed by atoms with Crippen LogP contribution in [0.4, 0.5) is 4.79 Å². The SMILES string of the molecule is COC(=O)[C@H](C)N1C(=O)S/C(=C\c2ccc(SC)cc2)C1=O. The van der Waals surface area contributed by atoms with Crippen LogP contribution in [0.25, 0.3) is 6.08 Å². The van der Waals surface area contributed by atoms with Gasteiger partial charge in [-0.3, -0.25) is 14.5 Å². The van der Waals surface area contributed by atoms with E-state index in [-0.39, 0.29) is 0 Å². The van der Waals surface area contributed by atoms with Crippen LogP contribution in [-0.2, 0) is 14.3 Å². The maximum Gasteiger partial charge on any atom is 0.328 e. The fourth-order valence-corrected chi connectivity index (χ4v) is 3.26. The van der Waals surface area contributed by atoms with Crippen molar-refractivity contribution >= 4 is 46.7 Å². The number of carbonyl (C=O) groups excluding carboxylic acids is 3. The van der Waals surface area contributed by atoms with E-state index < -0.39 is 23.2 Å². The Morgan fingerprint density at radius 3 is 2.50 bits per heavy atom. The van der Waals surface area contributed by atoms with Gasteiger partial charge in [-0.2, -0.15) is 0 Å². The first kappa shape index (κ1) is 16.6. The van der Waals surface area contributed by atoms with Crippen molar-refractivity contribution in [3.63, 3.8) is 0 Å². The van der Waals surface area contributed by atoms with Crippen LogP contribution in [0.3, 0.4) is 0 Å². The van der Waals surface area contributed by atoms with Crippen molar-refractivity contribution in [3.8, 4) is 0 Å². The van der Waals surface area contributed by atoms with Crippen molar-refractivity contribution in [2.45, 2.75) is 17.9 Å². The molecule has 1 saturated heterocycles. The molecule has 0 N–H and O–H groups in total. The number of hydrogen-bond acceptors (Lipinski definition) is 6. The molecule has 1 aliphatic rings. The standard InChI is InChI=1S/C15H15NO4S2/c1-9(14(18)20-2)16-13(17)12(22-15(16)19)8-10-4-6-11(21-3)7-5-10/h4-9H,1-3H3/b12-8-/t9-/m0/s1. The molecule has 116 valence electrons.